The third kappa shape index (κ3) is 2.16. The molecule has 0 radical (unpaired) electrons. The van der Waals surface area contributed by atoms with Crippen LogP contribution in [0, 0.1) is 5.41 Å². The van der Waals surface area contributed by atoms with E-state index >= 15 is 0 Å². The first-order chi connectivity index (χ1) is 9.52. The predicted molar refractivity (Wildman–Crippen MR) is 78.2 cm³/mol. The molecule has 0 amide bonds. The maximum Gasteiger partial charge on any atom is 0.314 e. The Bertz CT molecular complexity index is 547. The molecule has 1 aromatic heterocycles. The van der Waals surface area contributed by atoms with Gasteiger partial charge in [-0.2, -0.15) is 0 Å². The lowest BCUT2D eigenvalue weighted by molar-refractivity contribution is -0.145. The van der Waals surface area contributed by atoms with Crippen LogP contribution >= 0.6 is 11.6 Å². The van der Waals surface area contributed by atoms with Crippen LogP contribution in [0.2, 0.25) is 5.02 Å². The van der Waals surface area contributed by atoms with E-state index in [2.05, 4.69) is 23.7 Å². The Kier molecular flexibility index (Phi) is 3.36. The number of carbonyl (C=O) groups is 1. The van der Waals surface area contributed by atoms with E-state index < -0.39 is 0 Å². The van der Waals surface area contributed by atoms with Gasteiger partial charge < -0.3 is 9.64 Å². The molecule has 3 heterocycles. The Labute approximate surface area is 124 Å². The number of anilines is 1. The van der Waals surface area contributed by atoms with Crippen LogP contribution in [0.15, 0.2) is 12.3 Å². The van der Waals surface area contributed by atoms with Crippen molar-refractivity contribution in [3.05, 3.63) is 22.8 Å². The molecule has 3 rings (SSSR count). The number of pyridine rings is 1. The van der Waals surface area contributed by atoms with E-state index in [0.717, 1.165) is 30.8 Å². The number of cyclic esters (lactones) is 1. The molecule has 108 valence electrons. The molecule has 2 saturated heterocycles. The molecule has 0 N–H and O–H groups in total. The number of hydrogen-bond donors (Lipinski definition) is 0. The first-order valence-corrected chi connectivity index (χ1v) is 7.47. The lowest BCUT2D eigenvalue weighted by Crippen LogP contribution is -2.31. The van der Waals surface area contributed by atoms with Gasteiger partial charge in [0.25, 0.3) is 0 Å². The van der Waals surface area contributed by atoms with Crippen LogP contribution in [0.25, 0.3) is 0 Å². The molecule has 1 spiro atoms. The third-order valence-corrected chi connectivity index (χ3v) is 4.69. The number of ether oxygens (including phenoxy) is 1. The Hall–Kier alpha value is -1.29. The van der Waals surface area contributed by atoms with Crippen molar-refractivity contribution < 1.29 is 9.53 Å². The third-order valence-electron chi connectivity index (χ3n) is 4.41. The van der Waals surface area contributed by atoms with Gasteiger partial charge in [-0.15, -0.1) is 0 Å². The van der Waals surface area contributed by atoms with Gasteiger partial charge >= 0.3 is 5.97 Å². The molecule has 2 aliphatic rings. The van der Waals surface area contributed by atoms with Gasteiger partial charge in [-0.3, -0.25) is 4.79 Å². The lowest BCUT2D eigenvalue weighted by atomic mass is 9.86. The fourth-order valence-corrected chi connectivity index (χ4v) is 3.31. The number of carbonyl (C=O) groups excluding carboxylic acids is 1. The van der Waals surface area contributed by atoms with Gasteiger partial charge in [-0.25, -0.2) is 4.98 Å². The van der Waals surface area contributed by atoms with Crippen molar-refractivity contribution in [3.63, 3.8) is 0 Å². The Morgan fingerprint density at radius 2 is 2.25 bits per heavy atom. The first kappa shape index (κ1) is 13.7. The zero-order valence-corrected chi connectivity index (χ0v) is 12.6. The van der Waals surface area contributed by atoms with Crippen molar-refractivity contribution in [3.8, 4) is 0 Å². The molecule has 4 nitrogen and oxygen atoms in total. The van der Waals surface area contributed by atoms with E-state index in [1.165, 1.54) is 0 Å². The average molecular weight is 295 g/mol. The van der Waals surface area contributed by atoms with E-state index in [4.69, 9.17) is 16.3 Å². The van der Waals surface area contributed by atoms with E-state index in [-0.39, 0.29) is 11.4 Å². The Morgan fingerprint density at radius 3 is 2.85 bits per heavy atom. The normalized spacial score (nSPS) is 25.8. The zero-order valence-electron chi connectivity index (χ0n) is 11.9. The van der Waals surface area contributed by atoms with Gasteiger partial charge in [-0.1, -0.05) is 25.4 Å². The maximum atomic E-state index is 11.9. The highest BCUT2D eigenvalue weighted by Gasteiger charge is 2.49. The van der Waals surface area contributed by atoms with Crippen LogP contribution in [-0.2, 0) is 9.53 Å². The molecule has 0 aliphatic carbocycles. The topological polar surface area (TPSA) is 42.4 Å². The second-order valence-electron chi connectivity index (χ2n) is 6.07. The quantitative estimate of drug-likeness (QED) is 0.787. The summed E-state index contributed by atoms with van der Waals surface area (Å²) in [5.41, 5.74) is 0.801. The number of esters is 1. The largest absolute Gasteiger partial charge is 0.465 e. The molecule has 20 heavy (non-hydrogen) atoms. The second-order valence-corrected chi connectivity index (χ2v) is 6.47. The summed E-state index contributed by atoms with van der Waals surface area (Å²) < 4.78 is 5.14. The number of hydrogen-bond acceptors (Lipinski definition) is 4. The summed E-state index contributed by atoms with van der Waals surface area (Å²) in [6, 6.07) is 1.98. The van der Waals surface area contributed by atoms with Gasteiger partial charge in [0.2, 0.25) is 0 Å². The second kappa shape index (κ2) is 4.92. The fourth-order valence-electron chi connectivity index (χ4n) is 3.01. The SMILES string of the molecule is CC(C)c1cnc(N2CCC3(CCOC3=O)C2)c(Cl)c1. The highest BCUT2D eigenvalue weighted by molar-refractivity contribution is 6.33. The highest BCUT2D eigenvalue weighted by atomic mass is 35.5. The Balaban J connectivity index is 1.83. The minimum Gasteiger partial charge on any atom is -0.465 e. The molecular weight excluding hydrogens is 276 g/mol. The summed E-state index contributed by atoms with van der Waals surface area (Å²) in [6.45, 7) is 6.25. The molecule has 1 aromatic rings. The number of rotatable bonds is 2. The van der Waals surface area contributed by atoms with E-state index in [1.54, 1.807) is 0 Å². The van der Waals surface area contributed by atoms with E-state index in [0.29, 0.717) is 24.1 Å². The van der Waals surface area contributed by atoms with Crippen molar-refractivity contribution in [2.24, 2.45) is 5.41 Å². The van der Waals surface area contributed by atoms with Crippen molar-refractivity contribution >= 4 is 23.4 Å². The molecule has 5 heteroatoms. The van der Waals surface area contributed by atoms with Crippen molar-refractivity contribution in [1.82, 2.24) is 4.98 Å². The van der Waals surface area contributed by atoms with Crippen molar-refractivity contribution in [2.75, 3.05) is 24.6 Å². The summed E-state index contributed by atoms with van der Waals surface area (Å²) >= 11 is 6.36. The summed E-state index contributed by atoms with van der Waals surface area (Å²) in [6.07, 6.45) is 3.52. The summed E-state index contributed by atoms with van der Waals surface area (Å²) in [4.78, 5) is 18.5. The van der Waals surface area contributed by atoms with Gasteiger partial charge in [-0.05, 0) is 30.4 Å². The van der Waals surface area contributed by atoms with Gasteiger partial charge in [0, 0.05) is 19.3 Å². The highest BCUT2D eigenvalue weighted by Crippen LogP contribution is 2.42. The van der Waals surface area contributed by atoms with Crippen LogP contribution in [0.5, 0.6) is 0 Å². The monoisotopic (exact) mass is 294 g/mol. The Morgan fingerprint density at radius 1 is 1.45 bits per heavy atom. The van der Waals surface area contributed by atoms with E-state index in [9.17, 15) is 4.79 Å². The van der Waals surface area contributed by atoms with Crippen LogP contribution in [-0.4, -0.2) is 30.6 Å². The van der Waals surface area contributed by atoms with Crippen LogP contribution < -0.4 is 4.90 Å². The fraction of sp³-hybridized carbons (Fsp3) is 0.600. The zero-order chi connectivity index (χ0) is 14.3. The summed E-state index contributed by atoms with van der Waals surface area (Å²) in [7, 11) is 0. The van der Waals surface area contributed by atoms with Crippen LogP contribution in [0.4, 0.5) is 5.82 Å². The molecule has 0 aromatic carbocycles. The number of halogens is 1. The van der Waals surface area contributed by atoms with Crippen molar-refractivity contribution in [2.45, 2.75) is 32.6 Å². The summed E-state index contributed by atoms with van der Waals surface area (Å²) in [5.74, 6) is 1.13. The van der Waals surface area contributed by atoms with Gasteiger partial charge in [0.15, 0.2) is 0 Å². The van der Waals surface area contributed by atoms with Crippen molar-refractivity contribution in [1.29, 1.82) is 0 Å². The molecule has 2 fully saturated rings. The molecule has 0 bridgehead atoms. The lowest BCUT2D eigenvalue weighted by Gasteiger charge is -2.22. The standard InChI is InChI=1S/C15H19ClN2O2/c1-10(2)11-7-12(16)13(17-8-11)18-5-3-15(9-18)4-6-20-14(15)19/h7-8,10H,3-6,9H2,1-2H3. The minimum atomic E-state index is -0.332. The summed E-state index contributed by atoms with van der Waals surface area (Å²) in [5, 5.41) is 0.666. The van der Waals surface area contributed by atoms with Crippen LogP contribution in [0.1, 0.15) is 38.2 Å². The number of aromatic nitrogens is 1. The molecule has 0 saturated carbocycles. The van der Waals surface area contributed by atoms with Gasteiger partial charge in [0.1, 0.15) is 5.82 Å². The van der Waals surface area contributed by atoms with Gasteiger partial charge in [0.05, 0.1) is 17.0 Å². The first-order valence-electron chi connectivity index (χ1n) is 7.09. The molecular formula is C15H19ClN2O2. The molecule has 2 aliphatic heterocycles. The maximum absolute atomic E-state index is 11.9. The smallest absolute Gasteiger partial charge is 0.314 e. The molecule has 1 atom stereocenters. The minimum absolute atomic E-state index is 0.0603. The predicted octanol–water partition coefficient (Wildman–Crippen LogP) is 3.00. The average Bonchev–Trinajstić information content (AvgIpc) is 2.98. The number of nitrogens with zero attached hydrogens (tertiary/aromatic N) is 2. The van der Waals surface area contributed by atoms with Crippen LogP contribution in [0.3, 0.4) is 0 Å². The molecule has 1 unspecified atom stereocenters. The van der Waals surface area contributed by atoms with E-state index in [1.807, 2.05) is 12.3 Å².